The second-order valence-corrected chi connectivity index (χ2v) is 6.06. The maximum absolute atomic E-state index is 12.6. The number of carbonyl (C=O) groups is 3. The van der Waals surface area contributed by atoms with Crippen molar-refractivity contribution >= 4 is 23.7 Å². The van der Waals surface area contributed by atoms with Crippen LogP contribution in [0.3, 0.4) is 0 Å². The standard InChI is InChI=1S/C19H25N3O5/c1-4-26-17(24)19(22-13(3)23,18(25)27-5-2)12-14-6-8-15(9-7-14)16-20-10-11-21-16/h6-9H,4-5,10-12H2,1-3H3,(H,20,21)(H,22,23). The monoisotopic (exact) mass is 375 g/mol. The zero-order chi connectivity index (χ0) is 19.9. The van der Waals surface area contributed by atoms with E-state index >= 15 is 0 Å². The second kappa shape index (κ2) is 9.16. The lowest BCUT2D eigenvalue weighted by Crippen LogP contribution is -2.62. The third kappa shape index (κ3) is 4.84. The molecule has 0 aliphatic carbocycles. The average molecular weight is 375 g/mol. The van der Waals surface area contributed by atoms with Crippen LogP contribution in [0.1, 0.15) is 31.9 Å². The highest BCUT2D eigenvalue weighted by Crippen LogP contribution is 2.20. The molecule has 0 saturated heterocycles. The Morgan fingerprint density at radius 2 is 1.70 bits per heavy atom. The molecule has 1 aromatic carbocycles. The van der Waals surface area contributed by atoms with Crippen LogP contribution < -0.4 is 10.6 Å². The third-order valence-electron chi connectivity index (χ3n) is 4.01. The highest BCUT2D eigenvalue weighted by Gasteiger charge is 2.50. The predicted octanol–water partition coefficient (Wildman–Crippen LogP) is 0.580. The fraction of sp³-hybridized carbons (Fsp3) is 0.474. The molecular weight excluding hydrogens is 350 g/mol. The van der Waals surface area contributed by atoms with Crippen LogP contribution in [0.25, 0.3) is 0 Å². The summed E-state index contributed by atoms with van der Waals surface area (Å²) in [6.45, 7) is 6.18. The van der Waals surface area contributed by atoms with Gasteiger partial charge in [0.05, 0.1) is 19.8 Å². The first-order valence-corrected chi connectivity index (χ1v) is 8.93. The van der Waals surface area contributed by atoms with Gasteiger partial charge in [-0.3, -0.25) is 9.79 Å². The van der Waals surface area contributed by atoms with E-state index < -0.39 is 23.4 Å². The summed E-state index contributed by atoms with van der Waals surface area (Å²) in [6, 6.07) is 7.27. The summed E-state index contributed by atoms with van der Waals surface area (Å²) in [6.07, 6.45) is -0.0789. The minimum absolute atomic E-state index is 0.0734. The van der Waals surface area contributed by atoms with Gasteiger partial charge in [-0.25, -0.2) is 9.59 Å². The van der Waals surface area contributed by atoms with Gasteiger partial charge >= 0.3 is 11.9 Å². The lowest BCUT2D eigenvalue weighted by atomic mass is 9.90. The highest BCUT2D eigenvalue weighted by atomic mass is 16.6. The van der Waals surface area contributed by atoms with Gasteiger partial charge in [0.2, 0.25) is 11.4 Å². The number of nitrogens with zero attached hydrogens (tertiary/aromatic N) is 1. The molecule has 0 unspecified atom stereocenters. The lowest BCUT2D eigenvalue weighted by Gasteiger charge is -2.29. The number of aliphatic imine (C=N–C) groups is 1. The van der Waals surface area contributed by atoms with E-state index in [0.29, 0.717) is 5.56 Å². The van der Waals surface area contributed by atoms with E-state index in [1.165, 1.54) is 6.92 Å². The van der Waals surface area contributed by atoms with Gasteiger partial charge in [-0.2, -0.15) is 0 Å². The van der Waals surface area contributed by atoms with Crippen LogP contribution in [0.4, 0.5) is 0 Å². The molecule has 0 aromatic heterocycles. The van der Waals surface area contributed by atoms with Crippen LogP contribution in [0.5, 0.6) is 0 Å². The SMILES string of the molecule is CCOC(=O)C(Cc1ccc(C2=NCCN2)cc1)(NC(C)=O)C(=O)OCC. The van der Waals surface area contributed by atoms with E-state index in [9.17, 15) is 14.4 Å². The molecule has 146 valence electrons. The van der Waals surface area contributed by atoms with Gasteiger partial charge in [0, 0.05) is 25.5 Å². The number of hydrogen-bond acceptors (Lipinski definition) is 7. The van der Waals surface area contributed by atoms with Gasteiger partial charge in [-0.15, -0.1) is 0 Å². The van der Waals surface area contributed by atoms with Crippen LogP contribution >= 0.6 is 0 Å². The Hall–Kier alpha value is -2.90. The fourth-order valence-electron chi connectivity index (χ4n) is 2.86. The average Bonchev–Trinajstić information content (AvgIpc) is 3.16. The van der Waals surface area contributed by atoms with Crippen LogP contribution in [-0.2, 0) is 30.3 Å². The predicted molar refractivity (Wildman–Crippen MR) is 99.4 cm³/mol. The van der Waals surface area contributed by atoms with Crippen molar-refractivity contribution in [3.63, 3.8) is 0 Å². The normalized spacial score (nSPS) is 13.4. The van der Waals surface area contributed by atoms with Crippen molar-refractivity contribution in [2.24, 2.45) is 4.99 Å². The van der Waals surface area contributed by atoms with Crippen molar-refractivity contribution in [2.45, 2.75) is 32.7 Å². The summed E-state index contributed by atoms with van der Waals surface area (Å²) in [7, 11) is 0. The molecule has 1 aromatic rings. The Morgan fingerprint density at radius 3 is 2.15 bits per heavy atom. The van der Waals surface area contributed by atoms with Crippen molar-refractivity contribution in [1.82, 2.24) is 10.6 Å². The molecular formula is C19H25N3O5. The highest BCUT2D eigenvalue weighted by molar-refractivity contribution is 6.08. The Kier molecular flexibility index (Phi) is 6.92. The van der Waals surface area contributed by atoms with Crippen LogP contribution in [0.15, 0.2) is 29.3 Å². The topological polar surface area (TPSA) is 106 Å². The zero-order valence-electron chi connectivity index (χ0n) is 15.8. The number of hydrogen-bond donors (Lipinski definition) is 2. The van der Waals surface area contributed by atoms with Crippen molar-refractivity contribution in [3.05, 3.63) is 35.4 Å². The Labute approximate surface area is 158 Å². The van der Waals surface area contributed by atoms with Gasteiger partial charge in [0.15, 0.2) is 0 Å². The first-order chi connectivity index (χ1) is 12.9. The molecule has 2 rings (SSSR count). The zero-order valence-corrected chi connectivity index (χ0v) is 15.8. The largest absolute Gasteiger partial charge is 0.464 e. The molecule has 0 saturated carbocycles. The van der Waals surface area contributed by atoms with Crippen molar-refractivity contribution in [1.29, 1.82) is 0 Å². The molecule has 0 spiro atoms. The minimum Gasteiger partial charge on any atom is -0.464 e. The smallest absolute Gasteiger partial charge is 0.344 e. The van der Waals surface area contributed by atoms with Crippen LogP contribution in [0.2, 0.25) is 0 Å². The summed E-state index contributed by atoms with van der Waals surface area (Å²) in [5.41, 5.74) is -0.344. The first-order valence-electron chi connectivity index (χ1n) is 8.93. The van der Waals surface area contributed by atoms with Crippen LogP contribution in [0, 0.1) is 0 Å². The van der Waals surface area contributed by atoms with Crippen molar-refractivity contribution in [3.8, 4) is 0 Å². The maximum atomic E-state index is 12.6. The Morgan fingerprint density at radius 1 is 1.11 bits per heavy atom. The number of benzene rings is 1. The first kappa shape index (κ1) is 20.4. The molecule has 8 nitrogen and oxygen atoms in total. The molecule has 8 heteroatoms. The Balaban J connectivity index is 2.34. The third-order valence-corrected chi connectivity index (χ3v) is 4.01. The summed E-state index contributed by atoms with van der Waals surface area (Å²) in [5, 5.41) is 5.64. The molecule has 0 radical (unpaired) electrons. The number of amides is 1. The molecule has 1 aliphatic heterocycles. The summed E-state index contributed by atoms with van der Waals surface area (Å²) >= 11 is 0. The van der Waals surface area contributed by atoms with E-state index in [0.717, 1.165) is 24.5 Å². The number of rotatable bonds is 8. The summed E-state index contributed by atoms with van der Waals surface area (Å²) in [5.74, 6) is -1.41. The minimum atomic E-state index is -1.93. The van der Waals surface area contributed by atoms with E-state index in [1.54, 1.807) is 26.0 Å². The van der Waals surface area contributed by atoms with Gasteiger partial charge in [-0.1, -0.05) is 24.3 Å². The quantitative estimate of drug-likeness (QED) is 0.509. The van der Waals surface area contributed by atoms with Crippen molar-refractivity contribution < 1.29 is 23.9 Å². The summed E-state index contributed by atoms with van der Waals surface area (Å²) < 4.78 is 10.1. The Bertz CT molecular complexity index is 709. The van der Waals surface area contributed by atoms with E-state index in [2.05, 4.69) is 15.6 Å². The molecule has 1 heterocycles. The molecule has 1 aliphatic rings. The second-order valence-electron chi connectivity index (χ2n) is 6.06. The van der Waals surface area contributed by atoms with Gasteiger partial charge in [-0.05, 0) is 19.4 Å². The number of esters is 2. The van der Waals surface area contributed by atoms with E-state index in [1.807, 2.05) is 12.1 Å². The summed E-state index contributed by atoms with van der Waals surface area (Å²) in [4.78, 5) is 41.4. The molecule has 2 N–H and O–H groups in total. The number of amidine groups is 1. The van der Waals surface area contributed by atoms with Gasteiger partial charge in [0.25, 0.3) is 0 Å². The number of nitrogens with one attached hydrogen (secondary N) is 2. The molecule has 1 amide bonds. The molecule has 0 fully saturated rings. The van der Waals surface area contributed by atoms with Crippen molar-refractivity contribution in [2.75, 3.05) is 26.3 Å². The van der Waals surface area contributed by atoms with Gasteiger partial charge in [0.1, 0.15) is 5.84 Å². The number of carbonyl (C=O) groups excluding carboxylic acids is 3. The number of ether oxygens (including phenoxy) is 2. The molecule has 27 heavy (non-hydrogen) atoms. The lowest BCUT2D eigenvalue weighted by molar-refractivity contribution is -0.168. The van der Waals surface area contributed by atoms with Gasteiger partial charge < -0.3 is 20.1 Å². The van der Waals surface area contributed by atoms with E-state index in [-0.39, 0.29) is 19.6 Å². The molecule has 0 atom stereocenters. The fourth-order valence-corrected chi connectivity index (χ4v) is 2.86. The maximum Gasteiger partial charge on any atom is 0.344 e. The van der Waals surface area contributed by atoms with Crippen LogP contribution in [-0.4, -0.2) is 55.5 Å². The molecule has 0 bridgehead atoms. The van der Waals surface area contributed by atoms with E-state index in [4.69, 9.17) is 9.47 Å².